The molecule has 1 aromatic carbocycles. The van der Waals surface area contributed by atoms with Gasteiger partial charge in [0.1, 0.15) is 5.82 Å². The van der Waals surface area contributed by atoms with Gasteiger partial charge in [0.2, 0.25) is 0 Å². The van der Waals surface area contributed by atoms with E-state index in [0.29, 0.717) is 22.9 Å². The molecule has 1 rings (SSSR count). The molecule has 0 fully saturated rings. The van der Waals surface area contributed by atoms with E-state index in [1.807, 2.05) is 0 Å². The average molecular weight is 220 g/mol. The minimum absolute atomic E-state index is 0.239. The SMILES string of the molecule is NCCSCc1ccc(Cl)cc1F. The fourth-order valence-corrected chi connectivity index (χ4v) is 1.83. The van der Waals surface area contributed by atoms with Crippen molar-refractivity contribution < 1.29 is 4.39 Å². The molecule has 4 heteroatoms. The van der Waals surface area contributed by atoms with E-state index < -0.39 is 0 Å². The number of halogens is 2. The summed E-state index contributed by atoms with van der Waals surface area (Å²) in [7, 11) is 0. The molecule has 72 valence electrons. The predicted molar refractivity (Wildman–Crippen MR) is 56.6 cm³/mol. The van der Waals surface area contributed by atoms with E-state index in [-0.39, 0.29) is 5.82 Å². The van der Waals surface area contributed by atoms with Crippen LogP contribution < -0.4 is 5.73 Å². The van der Waals surface area contributed by atoms with E-state index in [4.69, 9.17) is 17.3 Å². The van der Waals surface area contributed by atoms with Crippen LogP contribution >= 0.6 is 23.4 Å². The van der Waals surface area contributed by atoms with Crippen LogP contribution in [0.15, 0.2) is 18.2 Å². The molecule has 13 heavy (non-hydrogen) atoms. The highest BCUT2D eigenvalue weighted by Crippen LogP contribution is 2.18. The highest BCUT2D eigenvalue weighted by molar-refractivity contribution is 7.98. The lowest BCUT2D eigenvalue weighted by Crippen LogP contribution is -2.01. The second-order valence-electron chi connectivity index (χ2n) is 2.58. The molecule has 0 aliphatic carbocycles. The van der Waals surface area contributed by atoms with Crippen LogP contribution in [0.4, 0.5) is 4.39 Å². The number of nitrogens with two attached hydrogens (primary N) is 1. The summed E-state index contributed by atoms with van der Waals surface area (Å²) in [6.45, 7) is 0.625. The molecule has 0 saturated carbocycles. The van der Waals surface area contributed by atoms with Gasteiger partial charge >= 0.3 is 0 Å². The number of hydrogen-bond donors (Lipinski definition) is 1. The number of thioether (sulfide) groups is 1. The van der Waals surface area contributed by atoms with Crippen LogP contribution in [0.2, 0.25) is 5.02 Å². The Morgan fingerprint density at radius 1 is 1.46 bits per heavy atom. The highest BCUT2D eigenvalue weighted by atomic mass is 35.5. The van der Waals surface area contributed by atoms with Gasteiger partial charge in [-0.1, -0.05) is 17.7 Å². The molecular weight excluding hydrogens is 209 g/mol. The van der Waals surface area contributed by atoms with Crippen molar-refractivity contribution in [3.05, 3.63) is 34.6 Å². The van der Waals surface area contributed by atoms with Crippen molar-refractivity contribution in [2.75, 3.05) is 12.3 Å². The molecule has 0 unspecified atom stereocenters. The largest absolute Gasteiger partial charge is 0.330 e. The minimum Gasteiger partial charge on any atom is -0.330 e. The van der Waals surface area contributed by atoms with Gasteiger partial charge in [-0.05, 0) is 17.7 Å². The molecule has 0 spiro atoms. The third-order valence-corrected chi connectivity index (χ3v) is 2.81. The van der Waals surface area contributed by atoms with E-state index in [0.717, 1.165) is 5.75 Å². The van der Waals surface area contributed by atoms with Gasteiger partial charge in [0.25, 0.3) is 0 Å². The van der Waals surface area contributed by atoms with Gasteiger partial charge in [0, 0.05) is 23.1 Å². The Morgan fingerprint density at radius 3 is 2.85 bits per heavy atom. The molecular formula is C9H11ClFNS. The molecule has 0 radical (unpaired) electrons. The molecule has 0 heterocycles. The van der Waals surface area contributed by atoms with Crippen LogP contribution in [-0.4, -0.2) is 12.3 Å². The van der Waals surface area contributed by atoms with Crippen LogP contribution in [0, 0.1) is 5.82 Å². The first-order valence-electron chi connectivity index (χ1n) is 3.96. The molecule has 1 aromatic rings. The third-order valence-electron chi connectivity index (χ3n) is 1.53. The maximum atomic E-state index is 13.1. The van der Waals surface area contributed by atoms with Gasteiger partial charge in [-0.2, -0.15) is 11.8 Å². The van der Waals surface area contributed by atoms with E-state index in [1.165, 1.54) is 6.07 Å². The van der Waals surface area contributed by atoms with Crippen LogP contribution in [0.25, 0.3) is 0 Å². The molecule has 0 aliphatic heterocycles. The van der Waals surface area contributed by atoms with Crippen LogP contribution in [0.1, 0.15) is 5.56 Å². The smallest absolute Gasteiger partial charge is 0.128 e. The first-order valence-corrected chi connectivity index (χ1v) is 5.49. The van der Waals surface area contributed by atoms with Gasteiger partial charge < -0.3 is 5.73 Å². The molecule has 0 amide bonds. The van der Waals surface area contributed by atoms with Crippen LogP contribution in [0.3, 0.4) is 0 Å². The van der Waals surface area contributed by atoms with Crippen molar-refractivity contribution in [3.8, 4) is 0 Å². The standard InChI is InChI=1S/C9H11ClFNS/c10-8-2-1-7(9(11)5-8)6-13-4-3-12/h1-2,5H,3-4,6,12H2. The van der Waals surface area contributed by atoms with Crippen LogP contribution in [0.5, 0.6) is 0 Å². The Balaban J connectivity index is 2.56. The van der Waals surface area contributed by atoms with Gasteiger partial charge in [-0.15, -0.1) is 0 Å². The van der Waals surface area contributed by atoms with Gasteiger partial charge in [0.15, 0.2) is 0 Å². The second kappa shape index (κ2) is 5.47. The fraction of sp³-hybridized carbons (Fsp3) is 0.333. The normalized spacial score (nSPS) is 10.4. The Kier molecular flexibility index (Phi) is 4.56. The summed E-state index contributed by atoms with van der Waals surface area (Å²) >= 11 is 7.23. The van der Waals surface area contributed by atoms with Crippen molar-refractivity contribution in [2.24, 2.45) is 5.73 Å². The number of rotatable bonds is 4. The topological polar surface area (TPSA) is 26.0 Å². The Labute approximate surface area is 86.5 Å². The van der Waals surface area contributed by atoms with E-state index in [2.05, 4.69) is 0 Å². The molecule has 0 aromatic heterocycles. The zero-order valence-corrected chi connectivity index (χ0v) is 8.67. The molecule has 0 bridgehead atoms. The van der Waals surface area contributed by atoms with E-state index in [9.17, 15) is 4.39 Å². The van der Waals surface area contributed by atoms with Gasteiger partial charge in [-0.3, -0.25) is 0 Å². The van der Waals surface area contributed by atoms with Crippen molar-refractivity contribution in [3.63, 3.8) is 0 Å². The Hall–Kier alpha value is -0.250. The molecule has 0 saturated heterocycles. The quantitative estimate of drug-likeness (QED) is 0.788. The lowest BCUT2D eigenvalue weighted by Gasteiger charge is -2.02. The second-order valence-corrected chi connectivity index (χ2v) is 4.12. The average Bonchev–Trinajstić information content (AvgIpc) is 2.09. The van der Waals surface area contributed by atoms with Gasteiger partial charge in [0.05, 0.1) is 0 Å². The van der Waals surface area contributed by atoms with Crippen molar-refractivity contribution >= 4 is 23.4 Å². The summed E-state index contributed by atoms with van der Waals surface area (Å²) in [6.07, 6.45) is 0. The first-order chi connectivity index (χ1) is 6.24. The summed E-state index contributed by atoms with van der Waals surface area (Å²) in [5.74, 6) is 1.26. The fourth-order valence-electron chi connectivity index (χ4n) is 0.904. The highest BCUT2D eigenvalue weighted by Gasteiger charge is 2.01. The lowest BCUT2D eigenvalue weighted by atomic mass is 10.2. The monoisotopic (exact) mass is 219 g/mol. The molecule has 1 nitrogen and oxygen atoms in total. The van der Waals surface area contributed by atoms with E-state index in [1.54, 1.807) is 23.9 Å². The summed E-state index contributed by atoms with van der Waals surface area (Å²) in [5, 5.41) is 0.435. The third kappa shape index (κ3) is 3.55. The molecule has 0 aliphatic rings. The Morgan fingerprint density at radius 2 is 2.23 bits per heavy atom. The van der Waals surface area contributed by atoms with E-state index >= 15 is 0 Å². The number of benzene rings is 1. The van der Waals surface area contributed by atoms with Crippen molar-refractivity contribution in [1.82, 2.24) is 0 Å². The van der Waals surface area contributed by atoms with Gasteiger partial charge in [-0.25, -0.2) is 4.39 Å². The van der Waals surface area contributed by atoms with Crippen LogP contribution in [-0.2, 0) is 5.75 Å². The predicted octanol–water partition coefficient (Wildman–Crippen LogP) is 2.67. The minimum atomic E-state index is -0.239. The lowest BCUT2D eigenvalue weighted by molar-refractivity contribution is 0.617. The summed E-state index contributed by atoms with van der Waals surface area (Å²) in [5.41, 5.74) is 6.00. The Bertz CT molecular complexity index is 280. The number of hydrogen-bond acceptors (Lipinski definition) is 2. The summed E-state index contributed by atoms with van der Waals surface area (Å²) < 4.78 is 13.1. The summed E-state index contributed by atoms with van der Waals surface area (Å²) in [4.78, 5) is 0. The van der Waals surface area contributed by atoms with Crippen molar-refractivity contribution in [2.45, 2.75) is 5.75 Å². The summed E-state index contributed by atoms with van der Waals surface area (Å²) in [6, 6.07) is 4.74. The molecule has 2 N–H and O–H groups in total. The first kappa shape index (κ1) is 10.8. The zero-order chi connectivity index (χ0) is 9.68. The zero-order valence-electron chi connectivity index (χ0n) is 7.09. The molecule has 0 atom stereocenters. The maximum Gasteiger partial charge on any atom is 0.128 e. The maximum absolute atomic E-state index is 13.1. The van der Waals surface area contributed by atoms with Crippen molar-refractivity contribution in [1.29, 1.82) is 0 Å².